The second-order valence-corrected chi connectivity index (χ2v) is 14.7. The summed E-state index contributed by atoms with van der Waals surface area (Å²) < 4.78 is 16.6. The molecule has 0 aliphatic rings. The quantitative estimate of drug-likeness (QED) is 0.0201. The molecule has 346 valence electrons. The van der Waals surface area contributed by atoms with Crippen molar-refractivity contribution in [2.75, 3.05) is 13.2 Å². The molecule has 6 nitrogen and oxygen atoms in total. The van der Waals surface area contributed by atoms with Crippen LogP contribution in [0.1, 0.15) is 149 Å². The molecule has 0 aromatic heterocycles. The molecule has 0 aliphatic heterocycles. The van der Waals surface area contributed by atoms with Gasteiger partial charge in [-0.1, -0.05) is 204 Å². The fourth-order valence-electron chi connectivity index (χ4n) is 5.45. The number of unbranched alkanes of at least 4 members (excludes halogenated alkanes) is 7. The first-order valence-corrected chi connectivity index (χ1v) is 23.8. The summed E-state index contributed by atoms with van der Waals surface area (Å²) in [7, 11) is 0. The normalized spacial score (nSPS) is 13.6. The fraction of sp³-hybridized carbons (Fsp3) is 0.456. The van der Waals surface area contributed by atoms with Crippen molar-refractivity contribution in [1.29, 1.82) is 0 Å². The van der Waals surface area contributed by atoms with E-state index >= 15 is 0 Å². The van der Waals surface area contributed by atoms with Crippen LogP contribution in [-0.2, 0) is 28.6 Å². The molecule has 0 aromatic rings. The zero-order valence-electron chi connectivity index (χ0n) is 39.2. The fourth-order valence-corrected chi connectivity index (χ4v) is 5.45. The number of carbonyl (C=O) groups excluding carboxylic acids is 3. The van der Waals surface area contributed by atoms with Crippen LogP contribution >= 0.6 is 0 Å². The highest BCUT2D eigenvalue weighted by Crippen LogP contribution is 2.10. The van der Waals surface area contributed by atoms with E-state index in [1.165, 1.54) is 0 Å². The summed E-state index contributed by atoms with van der Waals surface area (Å²) in [5.41, 5.74) is 0. The number of allylic oxidation sites excluding steroid dienone is 28. The van der Waals surface area contributed by atoms with E-state index in [0.717, 1.165) is 89.9 Å². The monoisotopic (exact) mass is 863 g/mol. The average molecular weight is 863 g/mol. The first-order valence-electron chi connectivity index (χ1n) is 23.8. The van der Waals surface area contributed by atoms with Crippen molar-refractivity contribution in [2.45, 2.75) is 155 Å². The summed E-state index contributed by atoms with van der Waals surface area (Å²) in [6.07, 6.45) is 73.4. The minimum absolute atomic E-state index is 0.144. The van der Waals surface area contributed by atoms with Crippen LogP contribution in [0.4, 0.5) is 0 Å². The van der Waals surface area contributed by atoms with Crippen LogP contribution in [-0.4, -0.2) is 37.2 Å². The zero-order chi connectivity index (χ0) is 45.8. The van der Waals surface area contributed by atoms with Gasteiger partial charge in [0.05, 0.1) is 0 Å². The molecule has 0 N–H and O–H groups in total. The highest BCUT2D eigenvalue weighted by molar-refractivity contribution is 5.71. The molecule has 0 heterocycles. The Kier molecular flexibility index (Phi) is 45.3. The van der Waals surface area contributed by atoms with Gasteiger partial charge in [-0.05, 0) is 96.3 Å². The molecule has 63 heavy (non-hydrogen) atoms. The number of esters is 3. The van der Waals surface area contributed by atoms with Crippen LogP contribution in [0.2, 0.25) is 0 Å². The summed E-state index contributed by atoms with van der Waals surface area (Å²) in [5, 5.41) is 0. The van der Waals surface area contributed by atoms with Gasteiger partial charge in [-0.2, -0.15) is 0 Å². The lowest BCUT2D eigenvalue weighted by Crippen LogP contribution is -2.30. The Balaban J connectivity index is 4.67. The van der Waals surface area contributed by atoms with E-state index in [1.807, 2.05) is 85.1 Å². The maximum Gasteiger partial charge on any atom is 0.306 e. The molecule has 6 heteroatoms. The van der Waals surface area contributed by atoms with Crippen LogP contribution in [0.5, 0.6) is 0 Å². The van der Waals surface area contributed by atoms with E-state index in [4.69, 9.17) is 14.2 Å². The number of rotatable bonds is 39. The third-order valence-corrected chi connectivity index (χ3v) is 8.92. The molecular weight excluding hydrogens is 781 g/mol. The number of carbonyl (C=O) groups is 3. The first-order chi connectivity index (χ1) is 31.0. The van der Waals surface area contributed by atoms with E-state index in [0.29, 0.717) is 19.3 Å². The summed E-state index contributed by atoms with van der Waals surface area (Å²) in [6.45, 7) is 6.07. The molecule has 0 amide bonds. The summed E-state index contributed by atoms with van der Waals surface area (Å²) in [5.74, 6) is -1.10. The van der Waals surface area contributed by atoms with E-state index in [2.05, 4.69) is 106 Å². The Bertz CT molecular complexity index is 1550. The van der Waals surface area contributed by atoms with Gasteiger partial charge < -0.3 is 14.2 Å². The van der Waals surface area contributed by atoms with Crippen molar-refractivity contribution >= 4 is 17.9 Å². The largest absolute Gasteiger partial charge is 0.462 e. The Hall–Kier alpha value is -5.23. The first kappa shape index (κ1) is 57.8. The van der Waals surface area contributed by atoms with Crippen LogP contribution < -0.4 is 0 Å². The second-order valence-electron chi connectivity index (χ2n) is 14.7. The van der Waals surface area contributed by atoms with E-state index in [9.17, 15) is 14.4 Å². The number of ether oxygens (including phenoxy) is 3. The number of hydrogen-bond donors (Lipinski definition) is 0. The lowest BCUT2D eigenvalue weighted by atomic mass is 10.1. The average Bonchev–Trinajstić information content (AvgIpc) is 3.28. The van der Waals surface area contributed by atoms with Crippen molar-refractivity contribution in [2.24, 2.45) is 0 Å². The van der Waals surface area contributed by atoms with Crippen LogP contribution in [0.15, 0.2) is 170 Å². The molecule has 0 radical (unpaired) electrons. The van der Waals surface area contributed by atoms with Gasteiger partial charge in [-0.3, -0.25) is 14.4 Å². The molecule has 0 saturated heterocycles. The maximum absolute atomic E-state index is 12.8. The van der Waals surface area contributed by atoms with Gasteiger partial charge in [0.1, 0.15) is 13.2 Å². The molecule has 0 bridgehead atoms. The summed E-state index contributed by atoms with van der Waals surface area (Å²) in [4.78, 5) is 37.9. The van der Waals surface area contributed by atoms with Crippen LogP contribution in [0, 0.1) is 0 Å². The van der Waals surface area contributed by atoms with Crippen molar-refractivity contribution < 1.29 is 28.6 Å². The Morgan fingerprint density at radius 1 is 0.333 bits per heavy atom. The highest BCUT2D eigenvalue weighted by Gasteiger charge is 2.19. The molecule has 1 unspecified atom stereocenters. The third kappa shape index (κ3) is 47.7. The summed E-state index contributed by atoms with van der Waals surface area (Å²) in [6, 6.07) is 0. The molecule has 1 atom stereocenters. The Labute approximate surface area is 383 Å². The van der Waals surface area contributed by atoms with Gasteiger partial charge in [0, 0.05) is 19.3 Å². The lowest BCUT2D eigenvalue weighted by Gasteiger charge is -2.18. The molecule has 0 fully saturated rings. The predicted octanol–water partition coefficient (Wildman–Crippen LogP) is 15.6. The molecule has 0 saturated carbocycles. The van der Waals surface area contributed by atoms with Crippen molar-refractivity contribution in [3.05, 3.63) is 170 Å². The van der Waals surface area contributed by atoms with Gasteiger partial charge >= 0.3 is 17.9 Å². The maximum atomic E-state index is 12.8. The Morgan fingerprint density at radius 3 is 1.10 bits per heavy atom. The Morgan fingerprint density at radius 2 is 0.667 bits per heavy atom. The molecule has 0 spiro atoms. The van der Waals surface area contributed by atoms with Crippen LogP contribution in [0.3, 0.4) is 0 Å². The number of hydrogen-bond acceptors (Lipinski definition) is 6. The van der Waals surface area contributed by atoms with Crippen molar-refractivity contribution in [3.63, 3.8) is 0 Å². The van der Waals surface area contributed by atoms with Gasteiger partial charge in [-0.15, -0.1) is 0 Å². The van der Waals surface area contributed by atoms with Crippen LogP contribution in [0.25, 0.3) is 0 Å². The predicted molar refractivity (Wildman–Crippen MR) is 269 cm³/mol. The smallest absolute Gasteiger partial charge is 0.306 e. The minimum Gasteiger partial charge on any atom is -0.462 e. The molecular formula is C57H82O6. The topological polar surface area (TPSA) is 78.9 Å². The standard InChI is InChI=1S/C57H82O6/c1-4-7-10-13-16-19-22-25-27-28-30-32-35-38-41-44-47-50-56(59)62-53-54(52-61-55(58)49-46-43-40-37-34-31-24-21-18-15-12-9-6-3)63-57(60)51-48-45-42-39-36-33-29-26-23-20-17-14-11-8-5-2/h7-12,14-21,23-27,29-34,36,38,41,54H,4-6,13,22,28,35,37,39-40,42-53H2,1-3H3/b10-7+,11-8+,12-9+,17-14+,18-15+,19-16+,23-20+,24-21+,27-25+,29-26+,32-30+,34-31+,36-33+,41-38+. The van der Waals surface area contributed by atoms with E-state index in [-0.39, 0.29) is 50.4 Å². The third-order valence-electron chi connectivity index (χ3n) is 8.92. The molecule has 0 rings (SSSR count). The van der Waals surface area contributed by atoms with E-state index in [1.54, 1.807) is 0 Å². The molecule has 0 aromatic carbocycles. The SMILES string of the molecule is CC/C=C/C=C/C=C/C=C/C=C/CCCCCC(=O)OC(COC(=O)CCC/C=C/C/C=C/C/C=C/C/C=C/C/C=C/CC)COC(=O)CCCCC/C=C/C=C/C=C/C=C/CC. The van der Waals surface area contributed by atoms with Gasteiger partial charge in [0.25, 0.3) is 0 Å². The van der Waals surface area contributed by atoms with Gasteiger partial charge in [-0.25, -0.2) is 0 Å². The minimum atomic E-state index is -0.848. The van der Waals surface area contributed by atoms with Gasteiger partial charge in [0.2, 0.25) is 0 Å². The van der Waals surface area contributed by atoms with Gasteiger partial charge in [0.15, 0.2) is 6.10 Å². The zero-order valence-corrected chi connectivity index (χ0v) is 39.2. The molecule has 0 aliphatic carbocycles. The van der Waals surface area contributed by atoms with Crippen molar-refractivity contribution in [1.82, 2.24) is 0 Å². The highest BCUT2D eigenvalue weighted by atomic mass is 16.6. The lowest BCUT2D eigenvalue weighted by molar-refractivity contribution is -0.167. The van der Waals surface area contributed by atoms with Crippen molar-refractivity contribution in [3.8, 4) is 0 Å². The second kappa shape index (κ2) is 49.4. The van der Waals surface area contributed by atoms with E-state index < -0.39 is 6.10 Å². The summed E-state index contributed by atoms with van der Waals surface area (Å²) >= 11 is 0.